The van der Waals surface area contributed by atoms with Crippen molar-refractivity contribution < 1.29 is 14.4 Å². The van der Waals surface area contributed by atoms with E-state index in [1.807, 2.05) is 18.2 Å². The summed E-state index contributed by atoms with van der Waals surface area (Å²) in [6.07, 6.45) is 2.23. The molecule has 26 heavy (non-hydrogen) atoms. The van der Waals surface area contributed by atoms with Crippen LogP contribution in [0.2, 0.25) is 0 Å². The summed E-state index contributed by atoms with van der Waals surface area (Å²) in [5, 5.41) is 4.12. The van der Waals surface area contributed by atoms with Gasteiger partial charge in [-0.1, -0.05) is 57.4 Å². The topological polar surface area (TPSA) is 75.3 Å². The van der Waals surface area contributed by atoms with Crippen LogP contribution >= 0.6 is 15.9 Å². The van der Waals surface area contributed by atoms with E-state index in [1.165, 1.54) is 22.8 Å². The highest BCUT2D eigenvalue weighted by Gasteiger charge is 2.27. The van der Waals surface area contributed by atoms with Crippen LogP contribution in [-0.2, 0) is 16.0 Å². The van der Waals surface area contributed by atoms with Gasteiger partial charge in [0.2, 0.25) is 0 Å². The number of nitrogens with one attached hydrogen (secondary N) is 2. The highest BCUT2D eigenvalue weighted by molar-refractivity contribution is 9.10. The highest BCUT2D eigenvalue weighted by atomic mass is 79.9. The molecular weight excluding hydrogens is 396 g/mol. The molecular formula is C20H17BrN2O3. The van der Waals surface area contributed by atoms with Crippen molar-refractivity contribution in [1.29, 1.82) is 0 Å². The van der Waals surface area contributed by atoms with Gasteiger partial charge in [-0.2, -0.15) is 0 Å². The normalized spacial score (nSPS) is 14.1. The van der Waals surface area contributed by atoms with Gasteiger partial charge in [0.05, 0.1) is 0 Å². The van der Waals surface area contributed by atoms with Crippen molar-refractivity contribution in [2.24, 2.45) is 0 Å². The standard InChI is InChI=1S/C20H17BrN2O3/c1-11-5-12(2)7-14(6-11)8-15-4-3-13(10-17(15)21)9-16-18(24)22-20(26)23-19(16)25/h3-7,9-10H,8H2,1-2H3,(H2,22,23,24,25,26). The number of barbiturate groups is 1. The molecule has 1 heterocycles. The van der Waals surface area contributed by atoms with E-state index in [9.17, 15) is 14.4 Å². The predicted molar refractivity (Wildman–Crippen MR) is 103 cm³/mol. The second-order valence-corrected chi connectivity index (χ2v) is 7.17. The van der Waals surface area contributed by atoms with Gasteiger partial charge in [0, 0.05) is 4.47 Å². The van der Waals surface area contributed by atoms with Crippen LogP contribution in [0.4, 0.5) is 4.79 Å². The van der Waals surface area contributed by atoms with Gasteiger partial charge in [-0.25, -0.2) is 4.79 Å². The molecule has 0 atom stereocenters. The molecule has 3 rings (SSSR count). The first-order valence-corrected chi connectivity index (χ1v) is 8.85. The van der Waals surface area contributed by atoms with Crippen molar-refractivity contribution in [2.75, 3.05) is 0 Å². The lowest BCUT2D eigenvalue weighted by Crippen LogP contribution is -2.51. The van der Waals surface area contributed by atoms with Crippen molar-refractivity contribution in [2.45, 2.75) is 20.3 Å². The molecule has 1 saturated heterocycles. The molecule has 2 aromatic carbocycles. The number of amides is 4. The Morgan fingerprint density at radius 3 is 2.12 bits per heavy atom. The summed E-state index contributed by atoms with van der Waals surface area (Å²) in [4.78, 5) is 34.7. The average molecular weight is 413 g/mol. The Bertz CT molecular complexity index is 921. The van der Waals surface area contributed by atoms with Crippen LogP contribution in [0, 0.1) is 13.8 Å². The maximum atomic E-state index is 11.8. The molecule has 0 aromatic heterocycles. The van der Waals surface area contributed by atoms with Gasteiger partial charge in [0.1, 0.15) is 5.57 Å². The average Bonchev–Trinajstić information content (AvgIpc) is 2.52. The number of hydrogen-bond acceptors (Lipinski definition) is 3. The summed E-state index contributed by atoms with van der Waals surface area (Å²) in [5.41, 5.74) is 5.36. The molecule has 0 aliphatic carbocycles. The number of imide groups is 2. The van der Waals surface area contributed by atoms with Crippen LogP contribution in [-0.4, -0.2) is 17.8 Å². The van der Waals surface area contributed by atoms with Gasteiger partial charge >= 0.3 is 6.03 Å². The first kappa shape index (κ1) is 18.1. The van der Waals surface area contributed by atoms with Gasteiger partial charge in [0.25, 0.3) is 11.8 Å². The number of benzene rings is 2. The maximum absolute atomic E-state index is 11.8. The van der Waals surface area contributed by atoms with Crippen molar-refractivity contribution >= 4 is 39.9 Å². The Kier molecular flexibility index (Phi) is 5.04. The zero-order valence-electron chi connectivity index (χ0n) is 14.4. The number of hydrogen-bond donors (Lipinski definition) is 2. The zero-order valence-corrected chi connectivity index (χ0v) is 15.9. The molecule has 0 saturated carbocycles. The predicted octanol–water partition coefficient (Wildman–Crippen LogP) is 3.41. The van der Waals surface area contributed by atoms with E-state index in [0.717, 1.165) is 16.5 Å². The number of carbonyl (C=O) groups is 3. The van der Waals surface area contributed by atoms with Gasteiger partial charge < -0.3 is 0 Å². The van der Waals surface area contributed by atoms with Crippen molar-refractivity contribution in [3.63, 3.8) is 0 Å². The molecule has 2 aromatic rings. The molecule has 6 heteroatoms. The van der Waals surface area contributed by atoms with Crippen LogP contribution in [0.25, 0.3) is 6.08 Å². The summed E-state index contributed by atoms with van der Waals surface area (Å²) in [6, 6.07) is 11.3. The van der Waals surface area contributed by atoms with E-state index in [4.69, 9.17) is 0 Å². The van der Waals surface area contributed by atoms with Gasteiger partial charge in [-0.15, -0.1) is 0 Å². The van der Waals surface area contributed by atoms with E-state index < -0.39 is 17.8 Å². The Hall–Kier alpha value is -2.73. The highest BCUT2D eigenvalue weighted by Crippen LogP contribution is 2.24. The number of halogens is 1. The fourth-order valence-corrected chi connectivity index (χ4v) is 3.50. The molecule has 4 amide bonds. The molecule has 0 radical (unpaired) electrons. The lowest BCUT2D eigenvalue weighted by atomic mass is 9.99. The minimum absolute atomic E-state index is 0.0986. The SMILES string of the molecule is Cc1cc(C)cc(Cc2ccc(C=C3C(=O)NC(=O)NC3=O)cc2Br)c1. The molecule has 1 fully saturated rings. The lowest BCUT2D eigenvalue weighted by molar-refractivity contribution is -0.123. The molecule has 0 unspecified atom stereocenters. The number of urea groups is 1. The van der Waals surface area contributed by atoms with E-state index in [-0.39, 0.29) is 5.57 Å². The summed E-state index contributed by atoms with van der Waals surface area (Å²) in [7, 11) is 0. The second-order valence-electron chi connectivity index (χ2n) is 6.32. The summed E-state index contributed by atoms with van der Waals surface area (Å²) in [6.45, 7) is 4.15. The Labute approximate surface area is 159 Å². The van der Waals surface area contributed by atoms with Crippen molar-refractivity contribution in [3.8, 4) is 0 Å². The van der Waals surface area contributed by atoms with Crippen LogP contribution in [0.3, 0.4) is 0 Å². The van der Waals surface area contributed by atoms with Gasteiger partial charge in [0.15, 0.2) is 0 Å². The quantitative estimate of drug-likeness (QED) is 0.598. The Morgan fingerprint density at radius 1 is 0.923 bits per heavy atom. The molecule has 0 bridgehead atoms. The Morgan fingerprint density at radius 2 is 1.54 bits per heavy atom. The number of carbonyl (C=O) groups excluding carboxylic acids is 3. The third-order valence-electron chi connectivity index (χ3n) is 4.01. The number of rotatable bonds is 3. The van der Waals surface area contributed by atoms with Crippen LogP contribution in [0.5, 0.6) is 0 Å². The lowest BCUT2D eigenvalue weighted by Gasteiger charge is -2.14. The third kappa shape index (κ3) is 4.08. The monoisotopic (exact) mass is 412 g/mol. The molecule has 1 aliphatic rings. The van der Waals surface area contributed by atoms with Crippen LogP contribution in [0.1, 0.15) is 27.8 Å². The zero-order chi connectivity index (χ0) is 18.8. The van der Waals surface area contributed by atoms with Crippen molar-refractivity contribution in [3.05, 3.63) is 74.3 Å². The van der Waals surface area contributed by atoms with E-state index in [0.29, 0.717) is 5.56 Å². The van der Waals surface area contributed by atoms with Gasteiger partial charge in [-0.05, 0) is 49.1 Å². The minimum atomic E-state index is -0.804. The van der Waals surface area contributed by atoms with E-state index in [2.05, 4.69) is 58.6 Å². The first-order valence-electron chi connectivity index (χ1n) is 8.06. The second kappa shape index (κ2) is 7.25. The molecule has 1 aliphatic heterocycles. The van der Waals surface area contributed by atoms with Crippen LogP contribution < -0.4 is 10.6 Å². The van der Waals surface area contributed by atoms with E-state index >= 15 is 0 Å². The largest absolute Gasteiger partial charge is 0.328 e. The smallest absolute Gasteiger partial charge is 0.273 e. The fraction of sp³-hybridized carbons (Fsp3) is 0.150. The summed E-state index contributed by atoms with van der Waals surface area (Å²) < 4.78 is 0.888. The Balaban J connectivity index is 1.85. The van der Waals surface area contributed by atoms with Crippen molar-refractivity contribution in [1.82, 2.24) is 10.6 Å². The third-order valence-corrected chi connectivity index (χ3v) is 4.75. The van der Waals surface area contributed by atoms with E-state index in [1.54, 1.807) is 0 Å². The molecule has 2 N–H and O–H groups in total. The minimum Gasteiger partial charge on any atom is -0.273 e. The summed E-state index contributed by atoms with van der Waals surface area (Å²) >= 11 is 3.56. The molecule has 0 spiro atoms. The van der Waals surface area contributed by atoms with Gasteiger partial charge in [-0.3, -0.25) is 20.2 Å². The van der Waals surface area contributed by atoms with Crippen LogP contribution in [0.15, 0.2) is 46.4 Å². The number of aryl methyl sites for hydroxylation is 2. The fourth-order valence-electron chi connectivity index (χ4n) is 2.96. The maximum Gasteiger partial charge on any atom is 0.328 e. The molecule has 132 valence electrons. The summed E-state index contributed by atoms with van der Waals surface area (Å²) in [5.74, 6) is -1.40. The molecule has 5 nitrogen and oxygen atoms in total. The first-order chi connectivity index (χ1) is 12.3.